The number of nitrogens with one attached hydrogen (secondary N) is 1. The fourth-order valence-electron chi connectivity index (χ4n) is 1.85. The molecule has 0 heterocycles. The molecular weight excluding hydrogens is 333 g/mol. The zero-order chi connectivity index (χ0) is 17.8. The number of benzene rings is 1. The average molecular weight is 351 g/mol. The zero-order valence-electron chi connectivity index (χ0n) is 13.0. The summed E-state index contributed by atoms with van der Waals surface area (Å²) < 4.78 is 38.7. The van der Waals surface area contributed by atoms with Crippen LogP contribution in [0.4, 0.5) is 18.9 Å². The van der Waals surface area contributed by atoms with E-state index < -0.39 is 28.6 Å². The van der Waals surface area contributed by atoms with E-state index in [1.165, 1.54) is 13.0 Å². The van der Waals surface area contributed by atoms with Crippen LogP contribution in [0.15, 0.2) is 18.2 Å². The van der Waals surface area contributed by atoms with Gasteiger partial charge in [-0.25, -0.2) is 0 Å². The molecule has 0 aromatic heterocycles. The van der Waals surface area contributed by atoms with E-state index in [0.717, 1.165) is 17.0 Å². The summed E-state index contributed by atoms with van der Waals surface area (Å²) in [7, 11) is 0. The predicted octanol–water partition coefficient (Wildman–Crippen LogP) is 3.63. The molecule has 0 saturated carbocycles. The maximum atomic E-state index is 12.9. The normalized spacial score (nSPS) is 12.7. The highest BCUT2D eigenvalue weighted by molar-refractivity contribution is 6.31. The molecule has 1 rings (SSSR count). The highest BCUT2D eigenvalue weighted by Gasteiger charge is 2.34. The third-order valence-electron chi connectivity index (χ3n) is 3.27. The second-order valence-electron chi connectivity index (χ2n) is 5.14. The van der Waals surface area contributed by atoms with Crippen molar-refractivity contribution in [2.24, 2.45) is 0 Å². The van der Waals surface area contributed by atoms with Gasteiger partial charge >= 0.3 is 6.18 Å². The summed E-state index contributed by atoms with van der Waals surface area (Å²) in [6.45, 7) is 4.49. The van der Waals surface area contributed by atoms with Crippen molar-refractivity contribution in [3.63, 3.8) is 0 Å². The number of alkyl halides is 3. The topological polar surface area (TPSA) is 49.4 Å². The van der Waals surface area contributed by atoms with Gasteiger partial charge in [-0.05, 0) is 31.5 Å². The molecule has 1 atom stereocenters. The zero-order valence-corrected chi connectivity index (χ0v) is 13.8. The molecule has 0 aliphatic heterocycles. The summed E-state index contributed by atoms with van der Waals surface area (Å²) in [5.41, 5.74) is -1.08. The number of hydrogen-bond donors (Lipinski definition) is 1. The molecule has 23 heavy (non-hydrogen) atoms. The minimum absolute atomic E-state index is 0.0338. The lowest BCUT2D eigenvalue weighted by atomic mass is 10.1. The SMILES string of the molecule is CCC(C)NC(=O)CN(C(C)=O)c1ccc(Cl)c(C(F)(F)F)c1. The van der Waals surface area contributed by atoms with Crippen molar-refractivity contribution in [3.8, 4) is 0 Å². The first-order valence-corrected chi connectivity index (χ1v) is 7.38. The fraction of sp³-hybridized carbons (Fsp3) is 0.467. The van der Waals surface area contributed by atoms with E-state index in [0.29, 0.717) is 6.42 Å². The highest BCUT2D eigenvalue weighted by atomic mass is 35.5. The summed E-state index contributed by atoms with van der Waals surface area (Å²) in [4.78, 5) is 24.6. The molecule has 4 nitrogen and oxygen atoms in total. The summed E-state index contributed by atoms with van der Waals surface area (Å²) >= 11 is 5.56. The fourth-order valence-corrected chi connectivity index (χ4v) is 2.07. The highest BCUT2D eigenvalue weighted by Crippen LogP contribution is 2.36. The molecule has 8 heteroatoms. The lowest BCUT2D eigenvalue weighted by Crippen LogP contribution is -2.42. The molecule has 1 aromatic carbocycles. The second kappa shape index (κ2) is 7.68. The van der Waals surface area contributed by atoms with Crippen molar-refractivity contribution < 1.29 is 22.8 Å². The number of carbonyl (C=O) groups excluding carboxylic acids is 2. The van der Waals surface area contributed by atoms with E-state index in [4.69, 9.17) is 11.6 Å². The molecule has 0 aliphatic rings. The van der Waals surface area contributed by atoms with Gasteiger partial charge in [0, 0.05) is 18.7 Å². The maximum absolute atomic E-state index is 12.9. The smallest absolute Gasteiger partial charge is 0.352 e. The monoisotopic (exact) mass is 350 g/mol. The van der Waals surface area contributed by atoms with Crippen LogP contribution in [0.5, 0.6) is 0 Å². The lowest BCUT2D eigenvalue weighted by molar-refractivity contribution is -0.137. The first-order chi connectivity index (χ1) is 10.6. The van der Waals surface area contributed by atoms with Gasteiger partial charge < -0.3 is 10.2 Å². The Kier molecular flexibility index (Phi) is 6.44. The Morgan fingerprint density at radius 3 is 2.43 bits per heavy atom. The minimum Gasteiger partial charge on any atom is -0.352 e. The predicted molar refractivity (Wildman–Crippen MR) is 82.4 cm³/mol. The van der Waals surface area contributed by atoms with E-state index in [2.05, 4.69) is 5.32 Å². The molecule has 0 fully saturated rings. The molecule has 1 unspecified atom stereocenters. The number of amides is 2. The van der Waals surface area contributed by atoms with E-state index in [1.54, 1.807) is 6.92 Å². The van der Waals surface area contributed by atoms with Gasteiger partial charge in [-0.15, -0.1) is 0 Å². The molecule has 1 N–H and O–H groups in total. The van der Waals surface area contributed by atoms with Crippen molar-refractivity contribution in [1.82, 2.24) is 5.32 Å². The van der Waals surface area contributed by atoms with Gasteiger partial charge in [-0.3, -0.25) is 9.59 Å². The van der Waals surface area contributed by atoms with E-state index in [1.807, 2.05) is 6.92 Å². The number of rotatable bonds is 5. The Hall–Kier alpha value is -1.76. The third kappa shape index (κ3) is 5.42. The summed E-state index contributed by atoms with van der Waals surface area (Å²) in [5, 5.41) is 2.20. The van der Waals surface area contributed by atoms with Crippen molar-refractivity contribution in [3.05, 3.63) is 28.8 Å². The van der Waals surface area contributed by atoms with Crippen molar-refractivity contribution >= 4 is 29.1 Å². The molecular formula is C15H18ClF3N2O2. The van der Waals surface area contributed by atoms with Gasteiger partial charge in [0.2, 0.25) is 11.8 Å². The Balaban J connectivity index is 3.07. The minimum atomic E-state index is -4.64. The van der Waals surface area contributed by atoms with Crippen LogP contribution < -0.4 is 10.2 Å². The number of nitrogens with zero attached hydrogens (tertiary/aromatic N) is 1. The number of halogens is 4. The Morgan fingerprint density at radius 2 is 1.96 bits per heavy atom. The Bertz CT molecular complexity index is 591. The average Bonchev–Trinajstić information content (AvgIpc) is 2.43. The van der Waals surface area contributed by atoms with Gasteiger partial charge in [0.05, 0.1) is 10.6 Å². The van der Waals surface area contributed by atoms with Crippen molar-refractivity contribution in [2.75, 3.05) is 11.4 Å². The van der Waals surface area contributed by atoms with Crippen molar-refractivity contribution in [1.29, 1.82) is 0 Å². The molecule has 0 radical (unpaired) electrons. The van der Waals surface area contributed by atoms with E-state index in [-0.39, 0.29) is 18.3 Å². The maximum Gasteiger partial charge on any atom is 0.417 e. The van der Waals surface area contributed by atoms with Crippen molar-refractivity contribution in [2.45, 2.75) is 39.4 Å². The van der Waals surface area contributed by atoms with Crippen LogP contribution in [0.1, 0.15) is 32.8 Å². The summed E-state index contributed by atoms with van der Waals surface area (Å²) in [5.74, 6) is -0.988. The molecule has 0 saturated heterocycles. The van der Waals surface area contributed by atoms with Crippen LogP contribution in [-0.2, 0) is 15.8 Å². The summed E-state index contributed by atoms with van der Waals surface area (Å²) in [6.07, 6.45) is -3.94. The number of anilines is 1. The van der Waals surface area contributed by atoms with E-state index in [9.17, 15) is 22.8 Å². The first-order valence-electron chi connectivity index (χ1n) is 7.00. The van der Waals surface area contributed by atoms with Crippen LogP contribution in [0.25, 0.3) is 0 Å². The van der Waals surface area contributed by atoms with Crippen LogP contribution >= 0.6 is 11.6 Å². The molecule has 0 bridgehead atoms. The first kappa shape index (κ1) is 19.3. The molecule has 128 valence electrons. The number of hydrogen-bond acceptors (Lipinski definition) is 2. The molecule has 2 amide bonds. The Morgan fingerprint density at radius 1 is 1.35 bits per heavy atom. The van der Waals surface area contributed by atoms with Gasteiger partial charge in [0.1, 0.15) is 6.54 Å². The van der Waals surface area contributed by atoms with Gasteiger partial charge in [-0.1, -0.05) is 18.5 Å². The third-order valence-corrected chi connectivity index (χ3v) is 3.60. The van der Waals surface area contributed by atoms with Crippen LogP contribution in [-0.4, -0.2) is 24.4 Å². The van der Waals surface area contributed by atoms with Gasteiger partial charge in [0.25, 0.3) is 0 Å². The van der Waals surface area contributed by atoms with Gasteiger partial charge in [-0.2, -0.15) is 13.2 Å². The van der Waals surface area contributed by atoms with Crippen LogP contribution in [0.2, 0.25) is 5.02 Å². The molecule has 0 aliphatic carbocycles. The lowest BCUT2D eigenvalue weighted by Gasteiger charge is -2.23. The van der Waals surface area contributed by atoms with Gasteiger partial charge in [0.15, 0.2) is 0 Å². The molecule has 1 aromatic rings. The summed E-state index contributed by atoms with van der Waals surface area (Å²) in [6, 6.07) is 3.00. The van der Waals surface area contributed by atoms with Crippen LogP contribution in [0, 0.1) is 0 Å². The quantitative estimate of drug-likeness (QED) is 0.881. The number of carbonyl (C=O) groups is 2. The second-order valence-corrected chi connectivity index (χ2v) is 5.55. The van der Waals surface area contributed by atoms with E-state index >= 15 is 0 Å². The standard InChI is InChI=1S/C15H18ClF3N2O2/c1-4-9(2)20-14(23)8-21(10(3)22)11-5-6-13(16)12(7-11)15(17,18)19/h5-7,9H,4,8H2,1-3H3,(H,20,23). The Labute approximate surface area is 137 Å². The molecule has 0 spiro atoms. The van der Waals surface area contributed by atoms with Crippen LogP contribution in [0.3, 0.4) is 0 Å². The largest absolute Gasteiger partial charge is 0.417 e.